The van der Waals surface area contributed by atoms with E-state index in [1.54, 1.807) is 28.9 Å². The van der Waals surface area contributed by atoms with Gasteiger partial charge in [0.15, 0.2) is 11.6 Å². The van der Waals surface area contributed by atoms with E-state index in [2.05, 4.69) is 15.0 Å². The van der Waals surface area contributed by atoms with E-state index in [-0.39, 0.29) is 17.2 Å². The monoisotopic (exact) mass is 560 g/mol. The van der Waals surface area contributed by atoms with Gasteiger partial charge in [-0.15, -0.1) is 0 Å². The van der Waals surface area contributed by atoms with Crippen LogP contribution in [0.2, 0.25) is 0 Å². The summed E-state index contributed by atoms with van der Waals surface area (Å²) < 4.78 is 25.0. The highest BCUT2D eigenvalue weighted by molar-refractivity contribution is 5.97. The summed E-state index contributed by atoms with van der Waals surface area (Å²) in [5.74, 6) is -1.61. The summed E-state index contributed by atoms with van der Waals surface area (Å²) >= 11 is 0. The smallest absolute Gasteiger partial charge is 0.284 e. The van der Waals surface area contributed by atoms with E-state index < -0.39 is 23.2 Å². The van der Waals surface area contributed by atoms with Crippen molar-refractivity contribution in [2.45, 2.75) is 25.3 Å². The van der Waals surface area contributed by atoms with E-state index >= 15 is 4.39 Å². The molecule has 1 atom stereocenters. The molecule has 1 amide bonds. The number of para-hydroxylation sites is 1. The molecule has 0 spiro atoms. The third kappa shape index (κ3) is 4.15. The van der Waals surface area contributed by atoms with Crippen LogP contribution in [0.5, 0.6) is 11.6 Å². The van der Waals surface area contributed by atoms with Crippen LogP contribution in [0.3, 0.4) is 0 Å². The molecule has 0 saturated heterocycles. The normalized spacial score (nSPS) is 14.5. The highest BCUT2D eigenvalue weighted by atomic mass is 19.1. The van der Waals surface area contributed by atoms with E-state index in [1.165, 1.54) is 17.1 Å². The number of H-pyrrole nitrogens is 1. The van der Waals surface area contributed by atoms with E-state index in [0.717, 1.165) is 17.5 Å². The largest absolute Gasteiger partial charge is 0.435 e. The number of carbonyl (C=O) groups excluding carboxylic acids is 1. The van der Waals surface area contributed by atoms with Crippen LogP contribution in [0.4, 0.5) is 4.39 Å². The number of nitrogens with two attached hydrogens (primary N) is 1. The fraction of sp³-hybridized carbons (Fsp3) is 0.125. The maximum atomic E-state index is 15.7. The molecule has 0 aliphatic carbocycles. The SMILES string of the molecule is NC(=O)c1c2n(n(-c3ccccc3)c1=O)CCCC2c1ccc(Oc2ncnc3[nH]cc(-c4ccccc4)c23)c(F)c1. The van der Waals surface area contributed by atoms with Crippen LogP contribution in [-0.2, 0) is 6.54 Å². The molecule has 10 heteroatoms. The highest BCUT2D eigenvalue weighted by Crippen LogP contribution is 2.39. The molecular weight excluding hydrogens is 535 g/mol. The number of nitrogens with zero attached hydrogens (tertiary/aromatic N) is 4. The zero-order chi connectivity index (χ0) is 28.8. The summed E-state index contributed by atoms with van der Waals surface area (Å²) in [4.78, 5) is 37.7. The second kappa shape index (κ2) is 10.2. The molecule has 1 unspecified atom stereocenters. The second-order valence-electron chi connectivity index (χ2n) is 10.2. The number of fused-ring (bicyclic) bond motifs is 2. The van der Waals surface area contributed by atoms with Gasteiger partial charge in [-0.2, -0.15) is 0 Å². The molecule has 0 radical (unpaired) electrons. The summed E-state index contributed by atoms with van der Waals surface area (Å²) in [7, 11) is 0. The van der Waals surface area contributed by atoms with Crippen LogP contribution in [0.1, 0.15) is 40.4 Å². The lowest BCUT2D eigenvalue weighted by molar-refractivity contribution is 0.0997. The Morgan fingerprint density at radius 1 is 1.02 bits per heavy atom. The minimum Gasteiger partial charge on any atom is -0.435 e. The first-order valence-corrected chi connectivity index (χ1v) is 13.6. The Bertz CT molecular complexity index is 2010. The third-order valence-corrected chi connectivity index (χ3v) is 7.71. The van der Waals surface area contributed by atoms with Gasteiger partial charge in [-0.1, -0.05) is 54.6 Å². The lowest BCUT2D eigenvalue weighted by atomic mass is 9.86. The Morgan fingerprint density at radius 3 is 2.52 bits per heavy atom. The van der Waals surface area contributed by atoms with Crippen molar-refractivity contribution in [1.82, 2.24) is 24.3 Å². The first kappa shape index (κ1) is 25.5. The number of amides is 1. The number of halogens is 1. The second-order valence-corrected chi connectivity index (χ2v) is 10.2. The maximum Gasteiger partial charge on any atom is 0.284 e. The van der Waals surface area contributed by atoms with Gasteiger partial charge in [0.05, 0.1) is 16.8 Å². The fourth-order valence-corrected chi connectivity index (χ4v) is 5.88. The first-order chi connectivity index (χ1) is 20.5. The Kier molecular flexibility index (Phi) is 6.15. The van der Waals surface area contributed by atoms with Crippen molar-refractivity contribution in [3.63, 3.8) is 0 Å². The van der Waals surface area contributed by atoms with E-state index in [9.17, 15) is 9.59 Å². The van der Waals surface area contributed by atoms with Crippen LogP contribution in [0.25, 0.3) is 27.8 Å². The van der Waals surface area contributed by atoms with Crippen molar-refractivity contribution in [3.05, 3.63) is 124 Å². The Labute approximate surface area is 239 Å². The standard InChI is InChI=1S/C32H25FN6O3/c33-24-16-20(22-12-7-15-38-28(22)27(29(34)40)32(41)39(38)21-10-5-2-6-11-21)13-14-25(24)42-31-26-23(19-8-3-1-4-9-19)17-35-30(26)36-18-37-31/h1-6,8-11,13-14,16-18,22H,7,12,15H2,(H2,34,40)(H,35,36,37). The molecule has 3 N–H and O–H groups in total. The summed E-state index contributed by atoms with van der Waals surface area (Å²) in [5.41, 5.74) is 9.24. The molecule has 9 nitrogen and oxygen atoms in total. The summed E-state index contributed by atoms with van der Waals surface area (Å²) in [5, 5.41) is 0.636. The number of ether oxygens (including phenoxy) is 1. The molecule has 3 aromatic heterocycles. The van der Waals surface area contributed by atoms with Crippen molar-refractivity contribution >= 4 is 16.9 Å². The van der Waals surface area contributed by atoms with Crippen LogP contribution in [-0.4, -0.2) is 30.2 Å². The van der Waals surface area contributed by atoms with Crippen molar-refractivity contribution in [2.24, 2.45) is 5.73 Å². The quantitative estimate of drug-likeness (QED) is 0.277. The van der Waals surface area contributed by atoms with E-state index in [1.807, 2.05) is 54.7 Å². The van der Waals surface area contributed by atoms with Crippen molar-refractivity contribution in [2.75, 3.05) is 0 Å². The summed E-state index contributed by atoms with van der Waals surface area (Å²) in [6.45, 7) is 0.525. The molecule has 7 rings (SSSR count). The van der Waals surface area contributed by atoms with Crippen molar-refractivity contribution in [3.8, 4) is 28.4 Å². The fourth-order valence-electron chi connectivity index (χ4n) is 5.88. The summed E-state index contributed by atoms with van der Waals surface area (Å²) in [6, 6.07) is 23.5. The average Bonchev–Trinajstić information content (AvgIpc) is 3.58. The Hall–Kier alpha value is -5.51. The van der Waals surface area contributed by atoms with Crippen molar-refractivity contribution in [1.29, 1.82) is 0 Å². The third-order valence-electron chi connectivity index (χ3n) is 7.71. The van der Waals surface area contributed by atoms with Gasteiger partial charge >= 0.3 is 0 Å². The molecule has 0 saturated carbocycles. The molecule has 0 fully saturated rings. The van der Waals surface area contributed by atoms with Crippen LogP contribution in [0, 0.1) is 5.82 Å². The predicted molar refractivity (Wildman–Crippen MR) is 155 cm³/mol. The molecule has 6 aromatic rings. The molecule has 208 valence electrons. The average molecular weight is 561 g/mol. The first-order valence-electron chi connectivity index (χ1n) is 13.6. The minimum absolute atomic E-state index is 0.0101. The van der Waals surface area contributed by atoms with Gasteiger partial charge in [0.1, 0.15) is 17.5 Å². The zero-order valence-corrected chi connectivity index (χ0v) is 22.3. The van der Waals surface area contributed by atoms with E-state index in [0.29, 0.717) is 40.9 Å². The van der Waals surface area contributed by atoms with Crippen molar-refractivity contribution < 1.29 is 13.9 Å². The highest BCUT2D eigenvalue weighted by Gasteiger charge is 2.33. The maximum absolute atomic E-state index is 15.7. The van der Waals surface area contributed by atoms with Crippen LogP contribution >= 0.6 is 0 Å². The van der Waals surface area contributed by atoms with E-state index in [4.69, 9.17) is 10.5 Å². The molecule has 0 bridgehead atoms. The molecule has 1 aliphatic heterocycles. The van der Waals surface area contributed by atoms with Gasteiger partial charge in [0.25, 0.3) is 11.5 Å². The number of aromatic nitrogens is 5. The lowest BCUT2D eigenvalue weighted by Gasteiger charge is -2.27. The molecule has 4 heterocycles. The van der Waals surface area contributed by atoms with Gasteiger partial charge in [0.2, 0.25) is 5.88 Å². The molecule has 1 aliphatic rings. The molecule has 3 aromatic carbocycles. The number of aromatic amines is 1. The predicted octanol–water partition coefficient (Wildman–Crippen LogP) is 5.53. The molecular formula is C32H25FN6O3. The number of rotatable bonds is 6. The number of nitrogens with one attached hydrogen (secondary N) is 1. The van der Waals surface area contributed by atoms with Gasteiger partial charge in [-0.3, -0.25) is 14.3 Å². The van der Waals surface area contributed by atoms with Crippen LogP contribution in [0.15, 0.2) is 96.2 Å². The Balaban J connectivity index is 1.28. The summed E-state index contributed by atoms with van der Waals surface area (Å²) in [6.07, 6.45) is 4.53. The molecule has 42 heavy (non-hydrogen) atoms. The number of carbonyl (C=O) groups is 1. The number of benzene rings is 3. The van der Waals surface area contributed by atoms with Gasteiger partial charge in [0, 0.05) is 24.2 Å². The van der Waals surface area contributed by atoms with Gasteiger partial charge in [-0.05, 0) is 48.2 Å². The number of hydrogen-bond acceptors (Lipinski definition) is 5. The zero-order valence-electron chi connectivity index (χ0n) is 22.3. The van der Waals surface area contributed by atoms with Crippen LogP contribution < -0.4 is 16.0 Å². The number of primary amides is 1. The van der Waals surface area contributed by atoms with Gasteiger partial charge < -0.3 is 15.5 Å². The lowest BCUT2D eigenvalue weighted by Crippen LogP contribution is -2.26. The Morgan fingerprint density at radius 2 is 1.79 bits per heavy atom. The van der Waals surface area contributed by atoms with Gasteiger partial charge in [-0.25, -0.2) is 19.0 Å². The topological polar surface area (TPSA) is 121 Å². The minimum atomic E-state index is -0.806. The number of hydrogen-bond donors (Lipinski definition) is 2.